The van der Waals surface area contributed by atoms with Gasteiger partial charge in [-0.1, -0.05) is 54.3 Å². The van der Waals surface area contributed by atoms with Crippen LogP contribution in [-0.4, -0.2) is 83.8 Å². The Morgan fingerprint density at radius 1 is 1.14 bits per heavy atom. The average Bonchev–Trinajstić information content (AvgIpc) is 3.74. The van der Waals surface area contributed by atoms with Crippen LogP contribution in [0.2, 0.25) is 0 Å². The van der Waals surface area contributed by atoms with Gasteiger partial charge in [0.1, 0.15) is 22.6 Å². The number of fused-ring (bicyclic) bond motifs is 1. The number of nitrogens with one attached hydrogen (secondary N) is 1. The van der Waals surface area contributed by atoms with Crippen molar-refractivity contribution < 1.29 is 33.4 Å². The molecular formula is C43H47N7O7S. The van der Waals surface area contributed by atoms with E-state index in [0.717, 1.165) is 50.0 Å². The summed E-state index contributed by atoms with van der Waals surface area (Å²) in [6, 6.07) is 15.1. The van der Waals surface area contributed by atoms with Crippen molar-refractivity contribution in [3.8, 4) is 17.6 Å². The number of amides is 3. The van der Waals surface area contributed by atoms with E-state index in [1.807, 2.05) is 50.4 Å². The Morgan fingerprint density at radius 2 is 1.98 bits per heavy atom. The minimum Gasteiger partial charge on any atom is -0.493 e. The van der Waals surface area contributed by atoms with Crippen LogP contribution in [0.3, 0.4) is 0 Å². The lowest BCUT2D eigenvalue weighted by Crippen LogP contribution is -2.51. The minimum atomic E-state index is -0.730. The minimum absolute atomic E-state index is 0.155. The number of carbonyl (C=O) groups is 4. The number of amidine groups is 1. The standard InChI is InChI=1S/C43H47N7O7S/c1-30-10-7-13-38(35(30)27-48(29-51)37-16-18-40(52)46-42(37)54)56-21-9-22-57-41(53)14-8-19-49-26-33(25-45-49)15-17-39-34(24-32-11-5-4-6-12-32)36-28-55-23-20-50(43(36)58-39)31(2)47-44-3/h4-7,10-13,25-26,29,37H,3,8-9,14,16,18-24,27-28H2,1-2H3,(H,46,52,54)/b47-31-. The average molecular weight is 806 g/mol. The molecule has 1 fully saturated rings. The van der Waals surface area contributed by atoms with Gasteiger partial charge in [-0.2, -0.15) is 10.2 Å². The van der Waals surface area contributed by atoms with Crippen molar-refractivity contribution in [3.63, 3.8) is 0 Å². The lowest BCUT2D eigenvalue weighted by molar-refractivity contribution is -0.144. The molecule has 1 saturated heterocycles. The van der Waals surface area contributed by atoms with Crippen molar-refractivity contribution in [1.29, 1.82) is 0 Å². The Balaban J connectivity index is 0.983. The first kappa shape index (κ1) is 41.5. The zero-order valence-corrected chi connectivity index (χ0v) is 33.6. The van der Waals surface area contributed by atoms with Crippen LogP contribution in [0.1, 0.15) is 77.3 Å². The van der Waals surface area contributed by atoms with Gasteiger partial charge in [-0.15, -0.1) is 16.4 Å². The van der Waals surface area contributed by atoms with E-state index in [9.17, 15) is 19.2 Å². The van der Waals surface area contributed by atoms with Crippen molar-refractivity contribution in [2.45, 2.75) is 78.1 Å². The van der Waals surface area contributed by atoms with Gasteiger partial charge in [-0.05, 0) is 55.9 Å². The van der Waals surface area contributed by atoms with Gasteiger partial charge < -0.3 is 24.0 Å². The summed E-state index contributed by atoms with van der Waals surface area (Å²) in [5, 5.41) is 15.8. The zero-order valence-electron chi connectivity index (χ0n) is 32.8. The molecule has 14 nitrogen and oxygen atoms in total. The summed E-state index contributed by atoms with van der Waals surface area (Å²) in [5.41, 5.74) is 5.86. The molecule has 0 aliphatic carbocycles. The van der Waals surface area contributed by atoms with Gasteiger partial charge in [0.2, 0.25) is 18.2 Å². The molecule has 0 bridgehead atoms. The Morgan fingerprint density at radius 3 is 2.78 bits per heavy atom. The quantitative estimate of drug-likeness (QED) is 0.0236. The van der Waals surface area contributed by atoms with Crippen LogP contribution in [0.15, 0.2) is 71.1 Å². The Labute approximate surface area is 341 Å². The first-order valence-corrected chi connectivity index (χ1v) is 20.1. The van der Waals surface area contributed by atoms with Gasteiger partial charge in [-0.25, -0.2) is 0 Å². The second-order valence-corrected chi connectivity index (χ2v) is 14.9. The van der Waals surface area contributed by atoms with Crippen LogP contribution in [0.5, 0.6) is 5.75 Å². The number of nitrogens with zero attached hydrogens (tertiary/aromatic N) is 6. The molecule has 2 aromatic carbocycles. The number of hydrogen-bond donors (Lipinski definition) is 1. The van der Waals surface area contributed by atoms with Gasteiger partial charge in [0.15, 0.2) is 0 Å². The maximum atomic E-state index is 12.5. The van der Waals surface area contributed by atoms with Gasteiger partial charge in [-0.3, -0.25) is 29.2 Å². The number of benzene rings is 2. The molecule has 302 valence electrons. The first-order chi connectivity index (χ1) is 28.2. The molecular weight excluding hydrogens is 759 g/mol. The van der Waals surface area contributed by atoms with Crippen LogP contribution in [0.4, 0.5) is 5.00 Å². The van der Waals surface area contributed by atoms with Gasteiger partial charge >= 0.3 is 5.97 Å². The molecule has 2 aromatic heterocycles. The molecule has 0 spiro atoms. The third kappa shape index (κ3) is 10.8. The van der Waals surface area contributed by atoms with E-state index in [-0.39, 0.29) is 50.9 Å². The lowest BCUT2D eigenvalue weighted by atomic mass is 10.0. The fourth-order valence-electron chi connectivity index (χ4n) is 6.82. The van der Waals surface area contributed by atoms with Crippen LogP contribution < -0.4 is 15.0 Å². The number of esters is 1. The Kier molecular flexibility index (Phi) is 14.6. The SMILES string of the molecule is C=N/N=C(/C)N1CCOCc2c1sc(C#Cc1cnn(CCCC(=O)OCCCOc3cccc(C)c3CN(C=O)C3CCC(=O)NC3=O)c1)c2Cc1ccccc1. The van der Waals surface area contributed by atoms with E-state index in [0.29, 0.717) is 51.3 Å². The molecule has 2 aliphatic heterocycles. The van der Waals surface area contributed by atoms with Crippen molar-refractivity contribution in [2.24, 2.45) is 10.2 Å². The number of anilines is 1. The third-order valence-corrected chi connectivity index (χ3v) is 11.1. The molecule has 0 radical (unpaired) electrons. The molecule has 2 aliphatic rings. The molecule has 15 heteroatoms. The molecule has 6 rings (SSSR count). The van der Waals surface area contributed by atoms with Crippen molar-refractivity contribution >= 4 is 53.1 Å². The molecule has 1 unspecified atom stereocenters. The fraction of sp³-hybridized carbons (Fsp3) is 0.372. The van der Waals surface area contributed by atoms with Crippen LogP contribution in [-0.2, 0) is 54.8 Å². The smallest absolute Gasteiger partial charge is 0.305 e. The maximum absolute atomic E-state index is 12.5. The third-order valence-electron chi connectivity index (χ3n) is 9.86. The second-order valence-electron chi connectivity index (χ2n) is 13.9. The van der Waals surface area contributed by atoms with E-state index in [1.54, 1.807) is 28.3 Å². The summed E-state index contributed by atoms with van der Waals surface area (Å²) in [6.07, 6.45) is 6.65. The Bertz CT molecular complexity index is 2200. The molecule has 3 amide bonds. The monoisotopic (exact) mass is 805 g/mol. The molecule has 4 aromatic rings. The van der Waals surface area contributed by atoms with Gasteiger partial charge in [0.25, 0.3) is 0 Å². The normalized spacial score (nSPS) is 15.4. The van der Waals surface area contributed by atoms with Crippen molar-refractivity contribution in [2.75, 3.05) is 31.3 Å². The number of carbonyl (C=O) groups excluding carboxylic acids is 4. The number of aryl methyl sites for hydroxylation is 2. The molecule has 4 heterocycles. The number of aromatic nitrogens is 2. The summed E-state index contributed by atoms with van der Waals surface area (Å²) in [5.74, 6) is 6.91. The molecule has 1 atom stereocenters. The van der Waals surface area contributed by atoms with Gasteiger partial charge in [0.05, 0.1) is 49.6 Å². The number of hydrogen-bond acceptors (Lipinski definition) is 11. The predicted octanol–water partition coefficient (Wildman–Crippen LogP) is 5.17. The topological polar surface area (TPSA) is 157 Å². The van der Waals surface area contributed by atoms with Crippen molar-refractivity contribution in [3.05, 3.63) is 99.2 Å². The van der Waals surface area contributed by atoms with E-state index in [2.05, 4.69) is 56.2 Å². The zero-order chi connectivity index (χ0) is 40.9. The molecule has 58 heavy (non-hydrogen) atoms. The summed E-state index contributed by atoms with van der Waals surface area (Å²) in [4.78, 5) is 52.9. The molecule has 0 saturated carbocycles. The van der Waals surface area contributed by atoms with E-state index in [4.69, 9.17) is 14.2 Å². The van der Waals surface area contributed by atoms with E-state index >= 15 is 0 Å². The number of thiophene rings is 1. The summed E-state index contributed by atoms with van der Waals surface area (Å²) in [6.45, 7) is 10.2. The van der Waals surface area contributed by atoms with Crippen molar-refractivity contribution in [1.82, 2.24) is 20.0 Å². The van der Waals surface area contributed by atoms with Crippen LogP contribution in [0, 0.1) is 18.8 Å². The highest BCUT2D eigenvalue weighted by atomic mass is 32.1. The van der Waals surface area contributed by atoms with Crippen LogP contribution in [0.25, 0.3) is 0 Å². The lowest BCUT2D eigenvalue weighted by Gasteiger charge is -2.30. The number of ether oxygens (including phenoxy) is 3. The molecule has 1 N–H and O–H groups in total. The Hall–Kier alpha value is -6.11. The highest BCUT2D eigenvalue weighted by Crippen LogP contribution is 2.39. The highest BCUT2D eigenvalue weighted by Gasteiger charge is 2.32. The number of imide groups is 1. The number of rotatable bonds is 16. The fourth-order valence-corrected chi connectivity index (χ4v) is 8.07. The summed E-state index contributed by atoms with van der Waals surface area (Å²) >= 11 is 1.63. The summed E-state index contributed by atoms with van der Waals surface area (Å²) in [7, 11) is 0. The second kappa shape index (κ2) is 20.4. The highest BCUT2D eigenvalue weighted by molar-refractivity contribution is 7.17. The van der Waals surface area contributed by atoms with E-state index in [1.165, 1.54) is 10.5 Å². The summed E-state index contributed by atoms with van der Waals surface area (Å²) < 4.78 is 19.3. The maximum Gasteiger partial charge on any atom is 0.305 e. The number of piperidine rings is 1. The van der Waals surface area contributed by atoms with Gasteiger partial charge in [0, 0.05) is 56.4 Å². The predicted molar refractivity (Wildman–Crippen MR) is 221 cm³/mol. The first-order valence-electron chi connectivity index (χ1n) is 19.2. The van der Waals surface area contributed by atoms with Crippen LogP contribution >= 0.6 is 11.3 Å². The largest absolute Gasteiger partial charge is 0.493 e. The van der Waals surface area contributed by atoms with E-state index < -0.39 is 11.9 Å².